The number of benzene rings is 2. The summed E-state index contributed by atoms with van der Waals surface area (Å²) in [6.07, 6.45) is 0. The number of ether oxygens (including phenoxy) is 1. The lowest BCUT2D eigenvalue weighted by Crippen LogP contribution is -2.43. The van der Waals surface area contributed by atoms with Gasteiger partial charge in [0.15, 0.2) is 5.78 Å². The molecule has 1 aliphatic heterocycles. The summed E-state index contributed by atoms with van der Waals surface area (Å²) in [4.78, 5) is 49.3. The third-order valence-electron chi connectivity index (χ3n) is 4.37. The lowest BCUT2D eigenvalue weighted by atomic mass is 10.1. The van der Waals surface area contributed by atoms with Crippen LogP contribution in [0.25, 0.3) is 0 Å². The number of anilines is 1. The summed E-state index contributed by atoms with van der Waals surface area (Å²) < 4.78 is 5.11. The van der Waals surface area contributed by atoms with Crippen LogP contribution in [0.15, 0.2) is 36.4 Å². The van der Waals surface area contributed by atoms with E-state index in [0.29, 0.717) is 16.9 Å². The van der Waals surface area contributed by atoms with Crippen LogP contribution in [0.5, 0.6) is 5.75 Å². The molecule has 8 nitrogen and oxygen atoms in total. The van der Waals surface area contributed by atoms with Crippen molar-refractivity contribution < 1.29 is 23.9 Å². The molecule has 0 aromatic heterocycles. The summed E-state index contributed by atoms with van der Waals surface area (Å²) in [5.74, 6) is -1.10. The Labute approximate surface area is 165 Å². The summed E-state index contributed by atoms with van der Waals surface area (Å²) >= 11 is 6.11. The molecule has 0 radical (unpaired) electrons. The molecule has 1 unspecified atom stereocenters. The van der Waals surface area contributed by atoms with Gasteiger partial charge in [-0.15, -0.1) is 0 Å². The summed E-state index contributed by atoms with van der Waals surface area (Å²) in [6, 6.07) is 6.81. The van der Waals surface area contributed by atoms with Crippen LogP contribution in [0.4, 0.5) is 10.5 Å². The number of rotatable bonds is 4. The second kappa shape index (κ2) is 7.32. The van der Waals surface area contributed by atoms with Gasteiger partial charge < -0.3 is 15.8 Å². The smallest absolute Gasteiger partial charge is 0.326 e. The van der Waals surface area contributed by atoms with E-state index in [-0.39, 0.29) is 22.1 Å². The highest BCUT2D eigenvalue weighted by Gasteiger charge is 2.41. The first-order valence-corrected chi connectivity index (χ1v) is 8.55. The van der Waals surface area contributed by atoms with Crippen LogP contribution in [0.3, 0.4) is 0 Å². The predicted octanol–water partition coefficient (Wildman–Crippen LogP) is 2.45. The van der Waals surface area contributed by atoms with Gasteiger partial charge in [0.2, 0.25) is 0 Å². The number of carbonyl (C=O) groups excluding carboxylic acids is 4. The van der Waals surface area contributed by atoms with Gasteiger partial charge in [0.1, 0.15) is 11.8 Å². The third-order valence-corrected chi connectivity index (χ3v) is 4.69. The number of halogens is 1. The number of hydrogen-bond donors (Lipinski definition) is 2. The SMILES string of the molecule is COc1ccc2c(c1)N(C(N)=O)C(=O)C2NC(=O)c1ccc(C(C)=O)cc1Cl. The van der Waals surface area contributed by atoms with Crippen LogP contribution in [-0.4, -0.2) is 30.7 Å². The van der Waals surface area contributed by atoms with Gasteiger partial charge in [-0.05, 0) is 25.1 Å². The van der Waals surface area contributed by atoms with Crippen LogP contribution in [0.1, 0.15) is 39.2 Å². The zero-order valence-corrected chi connectivity index (χ0v) is 15.7. The number of nitrogens with two attached hydrogens (primary N) is 1. The molecule has 2 aromatic carbocycles. The molecule has 9 heteroatoms. The van der Waals surface area contributed by atoms with E-state index in [2.05, 4.69) is 5.32 Å². The van der Waals surface area contributed by atoms with Crippen molar-refractivity contribution in [2.45, 2.75) is 13.0 Å². The highest BCUT2D eigenvalue weighted by Crippen LogP contribution is 2.38. The standard InChI is InChI=1S/C19H16ClN3O5/c1-9(24)10-3-5-12(14(20)7-10)17(25)22-16-13-6-4-11(28-2)8-15(13)23(18(16)26)19(21)27/h3-8,16H,1-2H3,(H2,21,27)(H,22,25). The number of nitrogens with zero attached hydrogens (tertiary/aromatic N) is 1. The van der Waals surface area contributed by atoms with Gasteiger partial charge in [-0.3, -0.25) is 14.4 Å². The van der Waals surface area contributed by atoms with E-state index in [4.69, 9.17) is 22.1 Å². The molecule has 3 N–H and O–H groups in total. The number of methoxy groups -OCH3 is 1. The molecule has 4 amide bonds. The Morgan fingerprint density at radius 3 is 2.46 bits per heavy atom. The zero-order valence-electron chi connectivity index (χ0n) is 15.0. The summed E-state index contributed by atoms with van der Waals surface area (Å²) in [7, 11) is 1.44. The molecular weight excluding hydrogens is 386 g/mol. The molecule has 0 spiro atoms. The maximum atomic E-state index is 12.7. The number of nitrogens with one attached hydrogen (secondary N) is 1. The zero-order chi connectivity index (χ0) is 20.6. The lowest BCUT2D eigenvalue weighted by Gasteiger charge is -2.14. The Morgan fingerprint density at radius 1 is 1.18 bits per heavy atom. The maximum absolute atomic E-state index is 12.7. The van der Waals surface area contributed by atoms with Crippen molar-refractivity contribution in [3.05, 3.63) is 58.1 Å². The average Bonchev–Trinajstić information content (AvgIpc) is 2.92. The number of urea groups is 1. The molecule has 0 saturated carbocycles. The second-order valence-electron chi connectivity index (χ2n) is 6.09. The van der Waals surface area contributed by atoms with Gasteiger partial charge >= 0.3 is 6.03 Å². The van der Waals surface area contributed by atoms with Crippen molar-refractivity contribution in [2.24, 2.45) is 5.73 Å². The summed E-state index contributed by atoms with van der Waals surface area (Å²) in [5, 5.41) is 2.63. The fraction of sp³-hybridized carbons (Fsp3) is 0.158. The Balaban J connectivity index is 1.94. The van der Waals surface area contributed by atoms with Crippen molar-refractivity contribution in [2.75, 3.05) is 12.0 Å². The number of hydrogen-bond acceptors (Lipinski definition) is 5. The number of imide groups is 1. The third kappa shape index (κ3) is 3.29. The Bertz CT molecular complexity index is 1020. The Morgan fingerprint density at radius 2 is 1.89 bits per heavy atom. The molecule has 0 aliphatic carbocycles. The molecule has 28 heavy (non-hydrogen) atoms. The van der Waals surface area contributed by atoms with Gasteiger partial charge in [-0.25, -0.2) is 9.69 Å². The van der Waals surface area contributed by atoms with Crippen molar-refractivity contribution in [1.82, 2.24) is 5.32 Å². The molecule has 2 aromatic rings. The second-order valence-corrected chi connectivity index (χ2v) is 6.50. The van der Waals surface area contributed by atoms with Gasteiger partial charge in [-0.1, -0.05) is 23.7 Å². The topological polar surface area (TPSA) is 119 Å². The van der Waals surface area contributed by atoms with Crippen molar-refractivity contribution in [3.8, 4) is 5.75 Å². The minimum atomic E-state index is -1.12. The van der Waals surface area contributed by atoms with Crippen LogP contribution in [0.2, 0.25) is 5.02 Å². The van der Waals surface area contributed by atoms with E-state index in [1.54, 1.807) is 12.1 Å². The first-order chi connectivity index (χ1) is 13.2. The maximum Gasteiger partial charge on any atom is 0.326 e. The van der Waals surface area contributed by atoms with Crippen molar-refractivity contribution in [1.29, 1.82) is 0 Å². The van der Waals surface area contributed by atoms with E-state index < -0.39 is 23.9 Å². The molecule has 1 aliphatic rings. The quantitative estimate of drug-likeness (QED) is 0.762. The number of Topliss-reactive ketones (excluding diaryl/α,β-unsaturated/α-hetero) is 1. The molecule has 3 rings (SSSR count). The van der Waals surface area contributed by atoms with Gasteiger partial charge in [0.05, 0.1) is 23.4 Å². The molecule has 1 heterocycles. The number of amides is 4. The van der Waals surface area contributed by atoms with Crippen molar-refractivity contribution in [3.63, 3.8) is 0 Å². The fourth-order valence-electron chi connectivity index (χ4n) is 2.96. The number of fused-ring (bicyclic) bond motifs is 1. The number of carbonyl (C=O) groups is 4. The van der Waals surface area contributed by atoms with E-state index in [1.165, 1.54) is 38.3 Å². The minimum Gasteiger partial charge on any atom is -0.497 e. The summed E-state index contributed by atoms with van der Waals surface area (Å²) in [5.41, 5.74) is 6.41. The van der Waals surface area contributed by atoms with Crippen molar-refractivity contribution >= 4 is 40.9 Å². The first kappa shape index (κ1) is 19.4. The van der Waals surface area contributed by atoms with Gasteiger partial charge in [0, 0.05) is 17.2 Å². The highest BCUT2D eigenvalue weighted by atomic mass is 35.5. The number of ketones is 1. The van der Waals surface area contributed by atoms with Crippen LogP contribution >= 0.6 is 11.6 Å². The average molecular weight is 402 g/mol. The summed E-state index contributed by atoms with van der Waals surface area (Å²) in [6.45, 7) is 1.38. The first-order valence-electron chi connectivity index (χ1n) is 8.17. The van der Waals surface area contributed by atoms with Crippen LogP contribution in [-0.2, 0) is 4.79 Å². The molecule has 0 fully saturated rings. The molecule has 0 saturated heterocycles. The fourth-order valence-corrected chi connectivity index (χ4v) is 3.23. The normalized spacial score (nSPS) is 15.2. The Kier molecular flexibility index (Phi) is 5.06. The molecular formula is C19H16ClN3O5. The van der Waals surface area contributed by atoms with Crippen LogP contribution < -0.4 is 20.7 Å². The minimum absolute atomic E-state index is 0.0670. The molecule has 1 atom stereocenters. The van der Waals surface area contributed by atoms with E-state index in [9.17, 15) is 19.2 Å². The largest absolute Gasteiger partial charge is 0.497 e. The predicted molar refractivity (Wildman–Crippen MR) is 102 cm³/mol. The Hall–Kier alpha value is -3.39. The van der Waals surface area contributed by atoms with E-state index in [0.717, 1.165) is 4.90 Å². The molecule has 144 valence electrons. The lowest BCUT2D eigenvalue weighted by molar-refractivity contribution is -0.119. The van der Waals surface area contributed by atoms with Gasteiger partial charge in [-0.2, -0.15) is 0 Å². The van der Waals surface area contributed by atoms with E-state index in [1.807, 2.05) is 0 Å². The highest BCUT2D eigenvalue weighted by molar-refractivity contribution is 6.34. The van der Waals surface area contributed by atoms with Gasteiger partial charge in [0.25, 0.3) is 11.8 Å². The monoisotopic (exact) mass is 401 g/mol. The number of primary amides is 1. The molecule has 0 bridgehead atoms. The van der Waals surface area contributed by atoms with E-state index >= 15 is 0 Å². The van der Waals surface area contributed by atoms with Crippen LogP contribution in [0, 0.1) is 0 Å².